The number of carbonyl (C=O) groups is 1. The monoisotopic (exact) mass is 298 g/mol. The van der Waals surface area contributed by atoms with Crippen LogP contribution in [-0.4, -0.2) is 42.6 Å². The Balaban J connectivity index is 2.13. The van der Waals surface area contributed by atoms with Crippen LogP contribution < -0.4 is 5.73 Å². The minimum Gasteiger partial charge on any atom is -0.465 e. The highest BCUT2D eigenvalue weighted by Crippen LogP contribution is 2.22. The summed E-state index contributed by atoms with van der Waals surface area (Å²) >= 11 is 0. The number of piperidine rings is 1. The Kier molecular flexibility index (Phi) is 8.27. The molecule has 0 aliphatic carbocycles. The molecule has 1 fully saturated rings. The van der Waals surface area contributed by atoms with Crippen LogP contribution in [0.3, 0.4) is 0 Å². The van der Waals surface area contributed by atoms with E-state index in [0.29, 0.717) is 13.0 Å². The highest BCUT2D eigenvalue weighted by Gasteiger charge is 2.29. The third kappa shape index (κ3) is 6.79. The summed E-state index contributed by atoms with van der Waals surface area (Å²) in [7, 11) is 0. The Morgan fingerprint density at radius 3 is 2.52 bits per heavy atom. The van der Waals surface area contributed by atoms with Crippen LogP contribution in [0.4, 0.5) is 0 Å². The van der Waals surface area contributed by atoms with Crippen LogP contribution in [0.25, 0.3) is 0 Å². The Morgan fingerprint density at radius 1 is 1.29 bits per heavy atom. The summed E-state index contributed by atoms with van der Waals surface area (Å²) in [5, 5.41) is 0. The first-order valence-electron chi connectivity index (χ1n) is 8.68. The van der Waals surface area contributed by atoms with Crippen molar-refractivity contribution >= 4 is 5.97 Å². The summed E-state index contributed by atoms with van der Waals surface area (Å²) in [4.78, 5) is 14.3. The molecule has 0 bridgehead atoms. The third-order valence-electron chi connectivity index (χ3n) is 4.57. The number of nitrogens with two attached hydrogens (primary N) is 1. The van der Waals surface area contributed by atoms with Gasteiger partial charge in [-0.15, -0.1) is 0 Å². The SMILES string of the molecule is CCCC1CCN(CCCCC(C)(N)C(=O)OCC)CC1. The Bertz CT molecular complexity index is 297. The van der Waals surface area contributed by atoms with E-state index in [9.17, 15) is 4.79 Å². The Labute approximate surface area is 130 Å². The molecule has 2 N–H and O–H groups in total. The molecule has 1 rings (SSSR count). The molecule has 1 aliphatic rings. The minimum absolute atomic E-state index is 0.273. The lowest BCUT2D eigenvalue weighted by Gasteiger charge is -2.32. The quantitative estimate of drug-likeness (QED) is 0.525. The van der Waals surface area contributed by atoms with Crippen LogP contribution in [0, 0.1) is 5.92 Å². The zero-order valence-corrected chi connectivity index (χ0v) is 14.2. The first kappa shape index (κ1) is 18.4. The van der Waals surface area contributed by atoms with Gasteiger partial charge in [0.2, 0.25) is 0 Å². The number of rotatable bonds is 9. The Hall–Kier alpha value is -0.610. The maximum Gasteiger partial charge on any atom is 0.325 e. The number of unbranched alkanes of at least 4 members (excludes halogenated alkanes) is 1. The molecule has 0 radical (unpaired) electrons. The molecule has 4 heteroatoms. The average molecular weight is 298 g/mol. The topological polar surface area (TPSA) is 55.6 Å². The van der Waals surface area contributed by atoms with E-state index in [0.717, 1.165) is 25.3 Å². The van der Waals surface area contributed by atoms with E-state index in [1.54, 1.807) is 6.92 Å². The van der Waals surface area contributed by atoms with Gasteiger partial charge in [-0.1, -0.05) is 19.8 Å². The first-order valence-corrected chi connectivity index (χ1v) is 8.68. The lowest BCUT2D eigenvalue weighted by molar-refractivity contribution is -0.149. The van der Waals surface area contributed by atoms with E-state index in [-0.39, 0.29) is 5.97 Å². The van der Waals surface area contributed by atoms with Gasteiger partial charge in [0.15, 0.2) is 0 Å². The van der Waals surface area contributed by atoms with E-state index in [1.165, 1.54) is 38.8 Å². The van der Waals surface area contributed by atoms with Crippen LogP contribution in [0.2, 0.25) is 0 Å². The van der Waals surface area contributed by atoms with Crippen molar-refractivity contribution in [2.45, 2.75) is 71.3 Å². The summed E-state index contributed by atoms with van der Waals surface area (Å²) in [6.45, 7) is 9.89. The van der Waals surface area contributed by atoms with Gasteiger partial charge in [-0.25, -0.2) is 0 Å². The summed E-state index contributed by atoms with van der Waals surface area (Å²) in [6, 6.07) is 0. The third-order valence-corrected chi connectivity index (χ3v) is 4.57. The van der Waals surface area contributed by atoms with Gasteiger partial charge in [0.25, 0.3) is 0 Å². The number of carbonyl (C=O) groups excluding carboxylic acids is 1. The second-order valence-corrected chi connectivity index (χ2v) is 6.67. The maximum atomic E-state index is 11.7. The molecule has 1 atom stereocenters. The minimum atomic E-state index is -0.829. The number of likely N-dealkylation sites (tertiary alicyclic amines) is 1. The predicted molar refractivity (Wildman–Crippen MR) is 87.1 cm³/mol. The van der Waals surface area contributed by atoms with Gasteiger partial charge in [-0.05, 0) is 71.5 Å². The van der Waals surface area contributed by atoms with Gasteiger partial charge < -0.3 is 15.4 Å². The average Bonchev–Trinajstić information content (AvgIpc) is 2.46. The standard InChI is InChI=1S/C17H34N2O2/c1-4-8-15-9-13-19(14-10-15)12-7-6-11-17(3,18)16(20)21-5-2/h15H,4-14,18H2,1-3H3. The van der Waals surface area contributed by atoms with Crippen molar-refractivity contribution in [2.75, 3.05) is 26.2 Å². The van der Waals surface area contributed by atoms with Gasteiger partial charge in [0.05, 0.1) is 6.61 Å². The fraction of sp³-hybridized carbons (Fsp3) is 0.941. The van der Waals surface area contributed by atoms with Gasteiger partial charge in [0.1, 0.15) is 5.54 Å². The van der Waals surface area contributed by atoms with Crippen molar-refractivity contribution in [3.63, 3.8) is 0 Å². The molecular formula is C17H34N2O2. The van der Waals surface area contributed by atoms with E-state index in [1.807, 2.05) is 6.92 Å². The fourth-order valence-corrected chi connectivity index (χ4v) is 3.13. The van der Waals surface area contributed by atoms with Gasteiger partial charge >= 0.3 is 5.97 Å². The van der Waals surface area contributed by atoms with E-state index >= 15 is 0 Å². The number of ether oxygens (including phenoxy) is 1. The van der Waals surface area contributed by atoms with E-state index in [2.05, 4.69) is 11.8 Å². The van der Waals surface area contributed by atoms with Crippen molar-refractivity contribution in [1.29, 1.82) is 0 Å². The molecule has 0 amide bonds. The summed E-state index contributed by atoms with van der Waals surface area (Å²) in [5.41, 5.74) is 5.20. The van der Waals surface area contributed by atoms with Gasteiger partial charge in [-0.2, -0.15) is 0 Å². The molecule has 1 aliphatic heterocycles. The largest absolute Gasteiger partial charge is 0.465 e. The predicted octanol–water partition coefficient (Wildman–Crippen LogP) is 2.95. The molecule has 1 heterocycles. The highest BCUT2D eigenvalue weighted by molar-refractivity contribution is 5.79. The molecule has 0 aromatic heterocycles. The number of esters is 1. The molecule has 0 saturated carbocycles. The lowest BCUT2D eigenvalue weighted by Crippen LogP contribution is -2.46. The molecule has 0 aromatic carbocycles. The smallest absolute Gasteiger partial charge is 0.325 e. The second kappa shape index (κ2) is 9.42. The van der Waals surface area contributed by atoms with Crippen molar-refractivity contribution in [1.82, 2.24) is 4.90 Å². The van der Waals surface area contributed by atoms with Crippen LogP contribution in [0.1, 0.15) is 65.7 Å². The zero-order valence-electron chi connectivity index (χ0n) is 14.2. The first-order chi connectivity index (χ1) is 9.99. The van der Waals surface area contributed by atoms with E-state index in [4.69, 9.17) is 10.5 Å². The molecular weight excluding hydrogens is 264 g/mol. The molecule has 0 spiro atoms. The second-order valence-electron chi connectivity index (χ2n) is 6.67. The summed E-state index contributed by atoms with van der Waals surface area (Å²) in [6.07, 6.45) is 8.21. The van der Waals surface area contributed by atoms with Crippen molar-refractivity contribution < 1.29 is 9.53 Å². The van der Waals surface area contributed by atoms with Crippen LogP contribution in [0.15, 0.2) is 0 Å². The maximum absolute atomic E-state index is 11.7. The van der Waals surface area contributed by atoms with Crippen LogP contribution in [-0.2, 0) is 9.53 Å². The summed E-state index contributed by atoms with van der Waals surface area (Å²) < 4.78 is 5.01. The van der Waals surface area contributed by atoms with Crippen molar-refractivity contribution in [3.05, 3.63) is 0 Å². The normalized spacial score (nSPS) is 20.2. The van der Waals surface area contributed by atoms with Crippen molar-refractivity contribution in [2.24, 2.45) is 11.7 Å². The van der Waals surface area contributed by atoms with E-state index < -0.39 is 5.54 Å². The van der Waals surface area contributed by atoms with Gasteiger partial charge in [0, 0.05) is 0 Å². The molecule has 21 heavy (non-hydrogen) atoms. The number of hydrogen-bond donors (Lipinski definition) is 1. The zero-order chi connectivity index (χ0) is 15.7. The highest BCUT2D eigenvalue weighted by atomic mass is 16.5. The van der Waals surface area contributed by atoms with Crippen molar-refractivity contribution in [3.8, 4) is 0 Å². The molecule has 1 saturated heterocycles. The van der Waals surface area contributed by atoms with Gasteiger partial charge in [-0.3, -0.25) is 4.79 Å². The molecule has 0 aromatic rings. The summed E-state index contributed by atoms with van der Waals surface area (Å²) in [5.74, 6) is 0.674. The van der Waals surface area contributed by atoms with Crippen LogP contribution in [0.5, 0.6) is 0 Å². The fourth-order valence-electron chi connectivity index (χ4n) is 3.13. The van der Waals surface area contributed by atoms with Crippen LogP contribution >= 0.6 is 0 Å². The number of hydrogen-bond acceptors (Lipinski definition) is 4. The molecule has 4 nitrogen and oxygen atoms in total. The Morgan fingerprint density at radius 2 is 1.95 bits per heavy atom. The lowest BCUT2D eigenvalue weighted by atomic mass is 9.92. The number of nitrogens with zero attached hydrogens (tertiary/aromatic N) is 1. The molecule has 124 valence electrons. The molecule has 1 unspecified atom stereocenters.